The Kier molecular flexibility index (Phi) is 12.7. The average molecular weight is 538 g/mol. The predicted octanol–water partition coefficient (Wildman–Crippen LogP) is 0.189. The molecule has 37 heavy (non-hydrogen) atoms. The molecule has 1 aromatic carbocycles. The fourth-order valence-electron chi connectivity index (χ4n) is 4.28. The summed E-state index contributed by atoms with van der Waals surface area (Å²) in [5.74, 6) is -1.86. The molecule has 206 valence electrons. The van der Waals surface area contributed by atoms with Crippen molar-refractivity contribution in [3.05, 3.63) is 29.8 Å². The number of carboxylic acids is 1. The first-order valence-corrected chi connectivity index (χ1v) is 13.9. The number of unbranched alkanes of at least 4 members (excludes halogenated alkanes) is 1. The summed E-state index contributed by atoms with van der Waals surface area (Å²) in [6.07, 6.45) is 4.93. The largest absolute Gasteiger partial charge is 0.508 e. The van der Waals surface area contributed by atoms with Crippen LogP contribution in [-0.2, 0) is 25.6 Å². The van der Waals surface area contributed by atoms with Crippen LogP contribution >= 0.6 is 11.8 Å². The van der Waals surface area contributed by atoms with Gasteiger partial charge in [-0.3, -0.25) is 14.4 Å². The van der Waals surface area contributed by atoms with Gasteiger partial charge in [0.05, 0.1) is 6.04 Å². The first-order chi connectivity index (χ1) is 17.7. The van der Waals surface area contributed by atoms with Crippen molar-refractivity contribution in [1.29, 1.82) is 0 Å². The Balaban J connectivity index is 2.06. The first kappa shape index (κ1) is 30.4. The molecule has 2 rings (SSSR count). The zero-order valence-corrected chi connectivity index (χ0v) is 22.0. The van der Waals surface area contributed by atoms with Gasteiger partial charge in [0.1, 0.15) is 23.9 Å². The molecule has 3 amide bonds. The van der Waals surface area contributed by atoms with Gasteiger partial charge in [0.15, 0.2) is 0 Å². The monoisotopic (exact) mass is 537 g/mol. The Morgan fingerprint density at radius 3 is 2.43 bits per heavy atom. The molecule has 1 aliphatic rings. The van der Waals surface area contributed by atoms with Crippen LogP contribution in [0.4, 0.5) is 0 Å². The van der Waals surface area contributed by atoms with Crippen molar-refractivity contribution in [3.63, 3.8) is 0 Å². The smallest absolute Gasteiger partial charge is 0.326 e. The normalized spacial score (nSPS) is 17.6. The van der Waals surface area contributed by atoms with E-state index >= 15 is 0 Å². The van der Waals surface area contributed by atoms with Crippen molar-refractivity contribution < 1.29 is 29.4 Å². The van der Waals surface area contributed by atoms with Gasteiger partial charge in [-0.15, -0.1) is 0 Å². The SMILES string of the molecule is CSCCC(NC(=O)C(CCCCN)NC(=O)C1CCCN1C(=O)C(N)Cc1ccc(O)cc1)C(=O)O. The Morgan fingerprint density at radius 1 is 1.11 bits per heavy atom. The van der Waals surface area contributed by atoms with Crippen LogP contribution in [0.3, 0.4) is 0 Å². The molecule has 0 aliphatic carbocycles. The molecule has 8 N–H and O–H groups in total. The van der Waals surface area contributed by atoms with Gasteiger partial charge in [0, 0.05) is 6.54 Å². The van der Waals surface area contributed by atoms with Gasteiger partial charge in [-0.25, -0.2) is 4.79 Å². The number of hydrogen-bond donors (Lipinski definition) is 6. The lowest BCUT2D eigenvalue weighted by Gasteiger charge is -2.28. The Bertz CT molecular complexity index is 915. The lowest BCUT2D eigenvalue weighted by molar-refractivity contribution is -0.143. The number of nitrogens with two attached hydrogens (primary N) is 2. The second kappa shape index (κ2) is 15.4. The van der Waals surface area contributed by atoms with Crippen LogP contribution in [-0.4, -0.2) is 88.1 Å². The number of rotatable bonds is 15. The molecule has 0 radical (unpaired) electrons. The molecule has 4 atom stereocenters. The maximum absolute atomic E-state index is 13.2. The fourth-order valence-corrected chi connectivity index (χ4v) is 4.76. The summed E-state index contributed by atoms with van der Waals surface area (Å²) in [6.45, 7) is 0.803. The molecule has 12 heteroatoms. The summed E-state index contributed by atoms with van der Waals surface area (Å²) in [5, 5.41) is 24.2. The van der Waals surface area contributed by atoms with Crippen molar-refractivity contribution in [1.82, 2.24) is 15.5 Å². The highest BCUT2D eigenvalue weighted by Crippen LogP contribution is 2.20. The zero-order chi connectivity index (χ0) is 27.4. The summed E-state index contributed by atoms with van der Waals surface area (Å²) in [5.41, 5.74) is 12.5. The Labute approximate surface area is 221 Å². The molecule has 1 heterocycles. The number of thioether (sulfide) groups is 1. The van der Waals surface area contributed by atoms with E-state index in [2.05, 4.69) is 10.6 Å². The van der Waals surface area contributed by atoms with Crippen LogP contribution in [0.2, 0.25) is 0 Å². The highest BCUT2D eigenvalue weighted by atomic mass is 32.2. The molecule has 4 unspecified atom stereocenters. The van der Waals surface area contributed by atoms with Crippen LogP contribution < -0.4 is 22.1 Å². The minimum Gasteiger partial charge on any atom is -0.508 e. The zero-order valence-electron chi connectivity index (χ0n) is 21.2. The van der Waals surface area contributed by atoms with Gasteiger partial charge in [-0.2, -0.15) is 11.8 Å². The summed E-state index contributed by atoms with van der Waals surface area (Å²) in [7, 11) is 0. The van der Waals surface area contributed by atoms with Crippen molar-refractivity contribution in [3.8, 4) is 5.75 Å². The average Bonchev–Trinajstić information content (AvgIpc) is 3.36. The lowest BCUT2D eigenvalue weighted by atomic mass is 10.0. The van der Waals surface area contributed by atoms with E-state index in [1.807, 2.05) is 6.26 Å². The summed E-state index contributed by atoms with van der Waals surface area (Å²) >= 11 is 1.48. The van der Waals surface area contributed by atoms with Crippen molar-refractivity contribution in [2.75, 3.05) is 25.1 Å². The predicted molar refractivity (Wildman–Crippen MR) is 142 cm³/mol. The van der Waals surface area contributed by atoms with E-state index in [1.165, 1.54) is 28.8 Å². The Morgan fingerprint density at radius 2 is 1.81 bits per heavy atom. The number of carbonyl (C=O) groups excluding carboxylic acids is 3. The number of aromatic hydroxyl groups is 1. The number of benzene rings is 1. The van der Waals surface area contributed by atoms with Crippen LogP contribution in [0.15, 0.2) is 24.3 Å². The fraction of sp³-hybridized carbons (Fsp3) is 0.600. The second-order valence-corrected chi connectivity index (χ2v) is 10.2. The van der Waals surface area contributed by atoms with Crippen molar-refractivity contribution in [2.45, 2.75) is 69.1 Å². The topological polar surface area (TPSA) is 188 Å². The van der Waals surface area contributed by atoms with E-state index in [4.69, 9.17) is 11.5 Å². The number of hydrogen-bond acceptors (Lipinski definition) is 8. The van der Waals surface area contributed by atoms with Gasteiger partial charge in [-0.1, -0.05) is 12.1 Å². The minimum absolute atomic E-state index is 0.115. The molecule has 1 saturated heterocycles. The lowest BCUT2D eigenvalue weighted by Crippen LogP contribution is -2.56. The van der Waals surface area contributed by atoms with Crippen LogP contribution in [0.25, 0.3) is 0 Å². The molecular weight excluding hydrogens is 498 g/mol. The number of aliphatic carboxylic acids is 1. The van der Waals surface area contributed by atoms with Crippen LogP contribution in [0.1, 0.15) is 44.1 Å². The number of nitrogens with one attached hydrogen (secondary N) is 2. The van der Waals surface area contributed by atoms with E-state index in [-0.39, 0.29) is 24.5 Å². The molecule has 1 fully saturated rings. The number of amides is 3. The van der Waals surface area contributed by atoms with E-state index in [0.717, 1.165) is 5.56 Å². The van der Waals surface area contributed by atoms with E-state index < -0.39 is 42.0 Å². The van der Waals surface area contributed by atoms with Crippen LogP contribution in [0, 0.1) is 0 Å². The highest BCUT2D eigenvalue weighted by molar-refractivity contribution is 7.98. The molecular formula is C25H39N5O6S. The van der Waals surface area contributed by atoms with E-state index in [9.17, 15) is 29.4 Å². The molecule has 0 aromatic heterocycles. The summed E-state index contributed by atoms with van der Waals surface area (Å²) in [6, 6.07) is 2.77. The maximum atomic E-state index is 13.2. The third kappa shape index (κ3) is 9.52. The number of phenolic OH excluding ortho intramolecular Hbond substituents is 1. The minimum atomic E-state index is -1.13. The molecule has 1 aromatic rings. The molecule has 11 nitrogen and oxygen atoms in total. The highest BCUT2D eigenvalue weighted by Gasteiger charge is 2.37. The molecule has 0 bridgehead atoms. The van der Waals surface area contributed by atoms with Gasteiger partial charge >= 0.3 is 5.97 Å². The molecule has 0 spiro atoms. The number of likely N-dealkylation sites (tertiary alicyclic amines) is 1. The first-order valence-electron chi connectivity index (χ1n) is 12.5. The van der Waals surface area contributed by atoms with Crippen molar-refractivity contribution in [2.24, 2.45) is 11.5 Å². The van der Waals surface area contributed by atoms with Crippen LogP contribution in [0.5, 0.6) is 5.75 Å². The van der Waals surface area contributed by atoms with E-state index in [1.54, 1.807) is 12.1 Å². The Hall–Kier alpha value is -2.83. The number of nitrogens with zero attached hydrogens (tertiary/aromatic N) is 1. The van der Waals surface area contributed by atoms with Crippen molar-refractivity contribution >= 4 is 35.5 Å². The van der Waals surface area contributed by atoms with Gasteiger partial charge in [-0.05, 0) is 81.2 Å². The van der Waals surface area contributed by atoms with E-state index in [0.29, 0.717) is 50.9 Å². The third-order valence-electron chi connectivity index (χ3n) is 6.35. The standard InChI is InChI=1S/C25H39N5O6S/c1-37-14-11-20(25(35)36)29-22(32)19(5-2-3-12-26)28-23(33)21-6-4-13-30(21)24(34)18(27)15-16-7-9-17(31)10-8-16/h7-10,18-21,31H,2-6,11-15,26-27H2,1H3,(H,28,33)(H,29,32)(H,35,36). The number of carbonyl (C=O) groups is 4. The second-order valence-electron chi connectivity index (χ2n) is 9.19. The molecule has 0 saturated carbocycles. The summed E-state index contributed by atoms with van der Waals surface area (Å²) in [4.78, 5) is 52.3. The molecule has 1 aliphatic heterocycles. The quantitative estimate of drug-likeness (QED) is 0.170. The summed E-state index contributed by atoms with van der Waals surface area (Å²) < 4.78 is 0. The third-order valence-corrected chi connectivity index (χ3v) is 7.00. The number of phenols is 1. The van der Waals surface area contributed by atoms with Gasteiger partial charge < -0.3 is 37.2 Å². The van der Waals surface area contributed by atoms with Gasteiger partial charge in [0.2, 0.25) is 17.7 Å². The van der Waals surface area contributed by atoms with Gasteiger partial charge in [0.25, 0.3) is 0 Å². The number of carboxylic acid groups (broad SMARTS) is 1. The maximum Gasteiger partial charge on any atom is 0.326 e.